The Morgan fingerprint density at radius 2 is 0.542 bits per heavy atom. The minimum absolute atomic E-state index is 0.703. The monoisotopic (exact) mass is 652 g/mol. The van der Waals surface area contributed by atoms with E-state index < -0.39 is 23.8 Å². The average Bonchev–Trinajstić information content (AvgIpc) is 3.18. The second-order valence-electron chi connectivity index (χ2n) is 12.0. The maximum atomic E-state index is 7.93. The zero-order chi connectivity index (χ0) is 32.7. The Bertz CT molecular complexity index is 1710. The Balaban J connectivity index is 1.53. The molecule has 0 saturated carbocycles. The Kier molecular flexibility index (Phi) is 9.45. The molecule has 0 unspecified atom stereocenters. The highest BCUT2D eigenvalue weighted by molar-refractivity contribution is 7.13. The van der Waals surface area contributed by atoms with Gasteiger partial charge in [-0.2, -0.15) is 0 Å². The fourth-order valence-corrected chi connectivity index (χ4v) is 14.6. The van der Waals surface area contributed by atoms with Crippen LogP contribution in [0, 0.1) is 6.92 Å². The van der Waals surface area contributed by atoms with E-state index in [1.165, 1.54) is 0 Å². The molecule has 0 bridgehead atoms. The average molecular weight is 653 g/mol. The molecule has 5 heteroatoms. The molecule has 0 amide bonds. The predicted molar refractivity (Wildman–Crippen MR) is 207 cm³/mol. The first-order valence-electron chi connectivity index (χ1n) is 16.5. The van der Waals surface area contributed by atoms with Crippen LogP contribution in [0.15, 0.2) is 206 Å². The maximum absolute atomic E-state index is 7.93. The van der Waals surface area contributed by atoms with E-state index in [1.54, 1.807) is 0 Å². The molecule has 0 fully saturated rings. The van der Waals surface area contributed by atoms with Gasteiger partial charge in [0.25, 0.3) is 16.6 Å². The third-order valence-corrected chi connectivity index (χ3v) is 17.1. The summed E-state index contributed by atoms with van der Waals surface area (Å²) in [7, 11) is -7.10. The molecule has 0 aromatic heterocycles. The van der Waals surface area contributed by atoms with Crippen molar-refractivity contribution < 1.29 is 8.69 Å². The normalized spacial score (nSPS) is 11.6. The summed E-state index contributed by atoms with van der Waals surface area (Å²) in [6.07, 6.45) is 0. The number of hydrogen-bond donors (Lipinski definition) is 0. The zero-order valence-electron chi connectivity index (χ0n) is 27.0. The summed E-state index contributed by atoms with van der Waals surface area (Å²) in [6.45, 7) is 2.16. The van der Waals surface area contributed by atoms with Gasteiger partial charge in [0.15, 0.2) is 0 Å². The highest BCUT2D eigenvalue weighted by atomic mass is 28.4. The lowest BCUT2D eigenvalue weighted by Crippen LogP contribution is -2.76. The first kappa shape index (κ1) is 31.6. The minimum Gasteiger partial charge on any atom is -0.440 e. The van der Waals surface area contributed by atoms with Crippen LogP contribution in [0.4, 0.5) is 0 Å². The molecule has 2 nitrogen and oxygen atoms in total. The lowest BCUT2D eigenvalue weighted by atomic mass is 9.77. The van der Waals surface area contributed by atoms with Gasteiger partial charge in [-0.1, -0.05) is 212 Å². The zero-order valence-corrected chi connectivity index (χ0v) is 29.0. The molecule has 7 aromatic carbocycles. The van der Waals surface area contributed by atoms with Crippen molar-refractivity contribution in [1.29, 1.82) is 0 Å². The maximum Gasteiger partial charge on any atom is 0.473 e. The van der Waals surface area contributed by atoms with Gasteiger partial charge in [0, 0.05) is 0 Å². The SMILES string of the molecule is Cc1ccccc1B(O[Si](c1ccccc1)(c1ccccc1)c1ccccc1)O[Si](c1ccccc1)(c1ccccc1)c1ccccc1. The molecule has 7 rings (SSSR count). The van der Waals surface area contributed by atoms with Gasteiger partial charge in [-0.15, -0.1) is 0 Å². The highest BCUT2D eigenvalue weighted by Crippen LogP contribution is 2.18. The van der Waals surface area contributed by atoms with Crippen LogP contribution >= 0.6 is 0 Å². The van der Waals surface area contributed by atoms with E-state index in [-0.39, 0.29) is 0 Å². The van der Waals surface area contributed by atoms with Crippen LogP contribution in [0.3, 0.4) is 0 Å². The molecule has 0 saturated heterocycles. The van der Waals surface area contributed by atoms with E-state index in [1.807, 2.05) is 0 Å². The van der Waals surface area contributed by atoms with Crippen LogP contribution in [0.25, 0.3) is 0 Å². The van der Waals surface area contributed by atoms with Crippen LogP contribution in [-0.2, 0) is 8.69 Å². The van der Waals surface area contributed by atoms with Crippen LogP contribution in [0.5, 0.6) is 0 Å². The molecular formula is C43H37BO2Si2. The number of aryl methyl sites for hydroxylation is 1. The number of hydrogen-bond acceptors (Lipinski definition) is 2. The Morgan fingerprint density at radius 3 is 0.792 bits per heavy atom. The molecule has 0 atom stereocenters. The third-order valence-electron chi connectivity index (χ3n) is 9.09. The van der Waals surface area contributed by atoms with Crippen molar-refractivity contribution in [2.45, 2.75) is 6.92 Å². The second kappa shape index (κ2) is 14.4. The predicted octanol–water partition coefficient (Wildman–Crippen LogP) is 5.06. The van der Waals surface area contributed by atoms with E-state index in [2.05, 4.69) is 213 Å². The summed E-state index contributed by atoms with van der Waals surface area (Å²) in [5.74, 6) is 0. The molecule has 0 N–H and O–H groups in total. The van der Waals surface area contributed by atoms with Gasteiger partial charge in [-0.05, 0) is 43.5 Å². The molecule has 0 aliphatic carbocycles. The van der Waals surface area contributed by atoms with E-state index in [0.29, 0.717) is 0 Å². The second-order valence-corrected chi connectivity index (χ2v) is 18.6. The van der Waals surface area contributed by atoms with E-state index >= 15 is 0 Å². The molecule has 0 radical (unpaired) electrons. The summed E-state index contributed by atoms with van der Waals surface area (Å²) in [5, 5.41) is 6.98. The van der Waals surface area contributed by atoms with E-state index in [4.69, 9.17) is 8.69 Å². The topological polar surface area (TPSA) is 18.5 Å². The first-order valence-corrected chi connectivity index (χ1v) is 20.3. The molecule has 0 spiro atoms. The van der Waals surface area contributed by atoms with Crippen molar-refractivity contribution >= 4 is 60.3 Å². The molecule has 0 aliphatic heterocycles. The van der Waals surface area contributed by atoms with Gasteiger partial charge in [0.2, 0.25) is 0 Å². The highest BCUT2D eigenvalue weighted by Gasteiger charge is 2.51. The van der Waals surface area contributed by atoms with Crippen molar-refractivity contribution in [2.75, 3.05) is 0 Å². The Morgan fingerprint density at radius 1 is 0.312 bits per heavy atom. The molecule has 232 valence electrons. The molecule has 48 heavy (non-hydrogen) atoms. The molecule has 7 aromatic rings. The Hall–Kier alpha value is -5.04. The molecule has 0 aliphatic rings. The van der Waals surface area contributed by atoms with Crippen molar-refractivity contribution in [3.05, 3.63) is 212 Å². The quantitative estimate of drug-likeness (QED) is 0.144. The number of rotatable bonds is 11. The van der Waals surface area contributed by atoms with Crippen molar-refractivity contribution in [3.63, 3.8) is 0 Å². The largest absolute Gasteiger partial charge is 0.473 e. The van der Waals surface area contributed by atoms with Crippen LogP contribution in [-0.4, -0.2) is 23.8 Å². The first-order chi connectivity index (χ1) is 23.7. The fourth-order valence-electron chi connectivity index (χ4n) is 6.77. The minimum atomic E-state index is -3.20. The van der Waals surface area contributed by atoms with Gasteiger partial charge in [0.05, 0.1) is 0 Å². The fraction of sp³-hybridized carbons (Fsp3) is 0.0233. The van der Waals surface area contributed by atoms with Gasteiger partial charge in [-0.25, -0.2) is 0 Å². The van der Waals surface area contributed by atoms with Gasteiger partial charge in [0.1, 0.15) is 0 Å². The third kappa shape index (κ3) is 6.05. The lowest BCUT2D eigenvalue weighted by molar-refractivity contribution is 0.453. The molecule has 0 heterocycles. The van der Waals surface area contributed by atoms with Gasteiger partial charge < -0.3 is 8.69 Å². The number of benzene rings is 7. The van der Waals surface area contributed by atoms with Crippen LogP contribution in [0.1, 0.15) is 5.56 Å². The smallest absolute Gasteiger partial charge is 0.440 e. The van der Waals surface area contributed by atoms with Gasteiger partial charge >= 0.3 is 7.12 Å². The summed E-state index contributed by atoms with van der Waals surface area (Å²) >= 11 is 0. The van der Waals surface area contributed by atoms with E-state index in [0.717, 1.165) is 42.1 Å². The Labute approximate surface area is 286 Å². The summed E-state index contributed by atoms with van der Waals surface area (Å²) in [6, 6.07) is 73.0. The summed E-state index contributed by atoms with van der Waals surface area (Å²) < 4.78 is 15.9. The van der Waals surface area contributed by atoms with Crippen molar-refractivity contribution in [2.24, 2.45) is 0 Å². The molecular weight excluding hydrogens is 615 g/mol. The van der Waals surface area contributed by atoms with Crippen molar-refractivity contribution in [3.8, 4) is 0 Å². The van der Waals surface area contributed by atoms with Gasteiger partial charge in [-0.3, -0.25) is 0 Å². The standard InChI is InChI=1S/C43H37BO2Si2/c1-36-22-20-21-35-43(36)44(45-47(37-23-8-2-9-24-37,38-25-10-3-11-26-38)39-27-12-4-13-28-39)46-48(40-29-14-5-15-30-40,41-31-16-6-17-32-41)42-33-18-7-19-34-42/h2-35H,1H3. The van der Waals surface area contributed by atoms with E-state index in [9.17, 15) is 0 Å². The van der Waals surface area contributed by atoms with Crippen LogP contribution in [0.2, 0.25) is 0 Å². The van der Waals surface area contributed by atoms with Crippen molar-refractivity contribution in [1.82, 2.24) is 0 Å². The summed E-state index contributed by atoms with van der Waals surface area (Å²) in [4.78, 5) is 0. The van der Waals surface area contributed by atoms with Crippen LogP contribution < -0.4 is 36.6 Å². The lowest BCUT2D eigenvalue weighted by Gasteiger charge is -2.41. The summed E-state index contributed by atoms with van der Waals surface area (Å²) in [5.41, 5.74) is 2.15.